The fourth-order valence-electron chi connectivity index (χ4n) is 0.514. The van der Waals surface area contributed by atoms with Gasteiger partial charge in [0.1, 0.15) is 0 Å². The standard InChI is InChI=1S/C8H14N2/c1-4-10-6-8(5-9)7(2)3/h4-7,9H,1-3H3/b8-6+,9-5?,10-4?. The van der Waals surface area contributed by atoms with E-state index in [0.717, 1.165) is 5.57 Å². The van der Waals surface area contributed by atoms with Gasteiger partial charge in [0.15, 0.2) is 0 Å². The van der Waals surface area contributed by atoms with E-state index in [9.17, 15) is 0 Å². The van der Waals surface area contributed by atoms with Crippen molar-refractivity contribution >= 4 is 12.4 Å². The van der Waals surface area contributed by atoms with Crippen LogP contribution in [0, 0.1) is 11.3 Å². The van der Waals surface area contributed by atoms with E-state index in [1.165, 1.54) is 6.21 Å². The molecule has 0 aliphatic rings. The molecule has 0 bridgehead atoms. The monoisotopic (exact) mass is 138 g/mol. The lowest BCUT2D eigenvalue weighted by Gasteiger charge is -2.00. The lowest BCUT2D eigenvalue weighted by Crippen LogP contribution is -1.93. The van der Waals surface area contributed by atoms with Gasteiger partial charge in [0, 0.05) is 18.6 Å². The van der Waals surface area contributed by atoms with Gasteiger partial charge < -0.3 is 5.41 Å². The molecule has 0 aromatic rings. The molecule has 0 fully saturated rings. The lowest BCUT2D eigenvalue weighted by atomic mass is 10.1. The zero-order valence-corrected chi connectivity index (χ0v) is 6.76. The van der Waals surface area contributed by atoms with E-state index in [1.54, 1.807) is 12.4 Å². The SMILES string of the molecule is CC=N/C=C(\C=N)C(C)C. The number of hydrogen-bond donors (Lipinski definition) is 1. The van der Waals surface area contributed by atoms with Gasteiger partial charge in [-0.2, -0.15) is 0 Å². The van der Waals surface area contributed by atoms with Crippen molar-refractivity contribution in [2.75, 3.05) is 0 Å². The zero-order valence-electron chi connectivity index (χ0n) is 6.76. The summed E-state index contributed by atoms with van der Waals surface area (Å²) in [6, 6.07) is 0. The first-order chi connectivity index (χ1) is 4.72. The Morgan fingerprint density at radius 2 is 2.10 bits per heavy atom. The van der Waals surface area contributed by atoms with Crippen molar-refractivity contribution in [2.24, 2.45) is 10.9 Å². The van der Waals surface area contributed by atoms with E-state index >= 15 is 0 Å². The van der Waals surface area contributed by atoms with Crippen LogP contribution in [0.1, 0.15) is 20.8 Å². The van der Waals surface area contributed by atoms with E-state index in [-0.39, 0.29) is 0 Å². The molecule has 0 aromatic carbocycles. The minimum Gasteiger partial charge on any atom is -0.308 e. The van der Waals surface area contributed by atoms with Gasteiger partial charge in [0.05, 0.1) is 0 Å². The van der Waals surface area contributed by atoms with Crippen molar-refractivity contribution in [3.63, 3.8) is 0 Å². The molecule has 0 aliphatic heterocycles. The molecular formula is C8H14N2. The molecule has 1 N–H and O–H groups in total. The van der Waals surface area contributed by atoms with E-state index in [1.807, 2.05) is 20.8 Å². The molecule has 2 heteroatoms. The third kappa shape index (κ3) is 3.17. The van der Waals surface area contributed by atoms with Gasteiger partial charge in [-0.1, -0.05) is 13.8 Å². The lowest BCUT2D eigenvalue weighted by molar-refractivity contribution is 0.803. The topological polar surface area (TPSA) is 36.2 Å². The summed E-state index contributed by atoms with van der Waals surface area (Å²) in [4.78, 5) is 3.93. The first-order valence-corrected chi connectivity index (χ1v) is 3.40. The second-order valence-electron chi connectivity index (χ2n) is 2.34. The summed E-state index contributed by atoms with van der Waals surface area (Å²) in [6.07, 6.45) is 4.78. The smallest absolute Gasteiger partial charge is 0.0313 e. The Labute approximate surface area is 62.2 Å². The highest BCUT2D eigenvalue weighted by molar-refractivity contribution is 5.76. The maximum absolute atomic E-state index is 7.00. The van der Waals surface area contributed by atoms with Gasteiger partial charge in [-0.3, -0.25) is 4.99 Å². The summed E-state index contributed by atoms with van der Waals surface area (Å²) in [7, 11) is 0. The van der Waals surface area contributed by atoms with Crippen LogP contribution < -0.4 is 0 Å². The Morgan fingerprint density at radius 3 is 2.40 bits per heavy atom. The molecular weight excluding hydrogens is 124 g/mol. The number of hydrogen-bond acceptors (Lipinski definition) is 2. The van der Waals surface area contributed by atoms with Crippen LogP contribution in [-0.4, -0.2) is 12.4 Å². The first-order valence-electron chi connectivity index (χ1n) is 3.40. The molecule has 2 nitrogen and oxygen atoms in total. The summed E-state index contributed by atoms with van der Waals surface area (Å²) < 4.78 is 0. The minimum atomic E-state index is 0.390. The van der Waals surface area contributed by atoms with Gasteiger partial charge in [0.2, 0.25) is 0 Å². The van der Waals surface area contributed by atoms with Crippen LogP contribution in [0.2, 0.25) is 0 Å². The molecule has 0 rings (SSSR count). The fraction of sp³-hybridized carbons (Fsp3) is 0.500. The highest BCUT2D eigenvalue weighted by Gasteiger charge is 1.96. The quantitative estimate of drug-likeness (QED) is 0.581. The third-order valence-electron chi connectivity index (χ3n) is 1.21. The van der Waals surface area contributed by atoms with Crippen LogP contribution in [0.15, 0.2) is 16.8 Å². The fourth-order valence-corrected chi connectivity index (χ4v) is 0.514. The van der Waals surface area contributed by atoms with Crippen molar-refractivity contribution in [3.8, 4) is 0 Å². The molecule has 0 heterocycles. The van der Waals surface area contributed by atoms with Gasteiger partial charge in [-0.05, 0) is 18.4 Å². The maximum atomic E-state index is 7.00. The average molecular weight is 138 g/mol. The Kier molecular flexibility index (Phi) is 4.46. The molecule has 0 spiro atoms. The van der Waals surface area contributed by atoms with E-state index < -0.39 is 0 Å². The van der Waals surface area contributed by atoms with Crippen LogP contribution in [0.4, 0.5) is 0 Å². The Balaban J connectivity index is 4.18. The predicted octanol–water partition coefficient (Wildman–Crippen LogP) is 2.27. The van der Waals surface area contributed by atoms with Gasteiger partial charge in [0.25, 0.3) is 0 Å². The second-order valence-corrected chi connectivity index (χ2v) is 2.34. The van der Waals surface area contributed by atoms with Crippen molar-refractivity contribution in [1.82, 2.24) is 0 Å². The van der Waals surface area contributed by atoms with Gasteiger partial charge in [-0.25, -0.2) is 0 Å². The molecule has 0 saturated carbocycles. The van der Waals surface area contributed by atoms with Crippen molar-refractivity contribution < 1.29 is 0 Å². The molecule has 56 valence electrons. The second kappa shape index (κ2) is 4.91. The number of allylic oxidation sites excluding steroid dienone is 1. The minimum absolute atomic E-state index is 0.390. The highest BCUT2D eigenvalue weighted by atomic mass is 14.7. The van der Waals surface area contributed by atoms with Crippen LogP contribution in [0.5, 0.6) is 0 Å². The maximum Gasteiger partial charge on any atom is 0.0313 e. The molecule has 0 amide bonds. The number of aliphatic imine (C=N–C) groups is 1. The van der Waals surface area contributed by atoms with Gasteiger partial charge >= 0.3 is 0 Å². The molecule has 0 unspecified atom stereocenters. The van der Waals surface area contributed by atoms with Crippen molar-refractivity contribution in [1.29, 1.82) is 5.41 Å². The largest absolute Gasteiger partial charge is 0.308 e. The third-order valence-corrected chi connectivity index (χ3v) is 1.21. The van der Waals surface area contributed by atoms with E-state index in [2.05, 4.69) is 4.99 Å². The normalized spacial score (nSPS) is 13.0. The highest BCUT2D eigenvalue weighted by Crippen LogP contribution is 2.05. The van der Waals surface area contributed by atoms with Crippen molar-refractivity contribution in [2.45, 2.75) is 20.8 Å². The van der Waals surface area contributed by atoms with E-state index in [4.69, 9.17) is 5.41 Å². The summed E-state index contributed by atoms with van der Waals surface area (Å²) >= 11 is 0. The van der Waals surface area contributed by atoms with Gasteiger partial charge in [-0.15, -0.1) is 0 Å². The average Bonchev–Trinajstić information content (AvgIpc) is 1.89. The predicted molar refractivity (Wildman–Crippen MR) is 45.9 cm³/mol. The summed E-state index contributed by atoms with van der Waals surface area (Å²) in [5.41, 5.74) is 0.957. The summed E-state index contributed by atoms with van der Waals surface area (Å²) in [5, 5.41) is 7.00. The molecule has 0 aromatic heterocycles. The van der Waals surface area contributed by atoms with E-state index in [0.29, 0.717) is 5.92 Å². The Morgan fingerprint density at radius 1 is 1.50 bits per heavy atom. The van der Waals surface area contributed by atoms with Crippen LogP contribution in [0.25, 0.3) is 0 Å². The number of nitrogens with one attached hydrogen (secondary N) is 1. The molecule has 0 atom stereocenters. The summed E-state index contributed by atoms with van der Waals surface area (Å²) in [5.74, 6) is 0.390. The summed E-state index contributed by atoms with van der Waals surface area (Å²) in [6.45, 7) is 5.95. The van der Waals surface area contributed by atoms with Crippen LogP contribution >= 0.6 is 0 Å². The van der Waals surface area contributed by atoms with Crippen LogP contribution in [0.3, 0.4) is 0 Å². The number of rotatable bonds is 3. The molecule has 10 heavy (non-hydrogen) atoms. The van der Waals surface area contributed by atoms with Crippen LogP contribution in [-0.2, 0) is 0 Å². The Bertz CT molecular complexity index is 155. The molecule has 0 aliphatic carbocycles. The Hall–Kier alpha value is -0.920. The zero-order chi connectivity index (χ0) is 7.98. The number of nitrogens with zero attached hydrogens (tertiary/aromatic N) is 1. The first kappa shape index (κ1) is 9.08. The molecule has 0 saturated heterocycles. The molecule has 0 radical (unpaired) electrons. The van der Waals surface area contributed by atoms with Crippen molar-refractivity contribution in [3.05, 3.63) is 11.8 Å².